The summed E-state index contributed by atoms with van der Waals surface area (Å²) >= 11 is 0. The molecule has 0 saturated carbocycles. The fraction of sp³-hybridized carbons (Fsp3) is 0.222. The maximum absolute atomic E-state index is 10.3. The third kappa shape index (κ3) is 4.43. The summed E-state index contributed by atoms with van der Waals surface area (Å²) in [6.45, 7) is 0. The van der Waals surface area contributed by atoms with Gasteiger partial charge in [0.05, 0.1) is 5.97 Å². The van der Waals surface area contributed by atoms with Crippen LogP contribution in [0.5, 0.6) is 0 Å². The largest absolute Gasteiger partial charge is 1.00 e. The maximum Gasteiger partial charge on any atom is 1.00 e. The van der Waals surface area contributed by atoms with E-state index in [2.05, 4.69) is 0 Å². The standard InChI is InChI=1S/C9H11NO2.Na/c10-8(9(11)12)6-7-4-2-1-3-5-7;/h1-5,8H,6,10H2,(H,11,12);/q;+1/p-1. The van der Waals surface area contributed by atoms with E-state index in [4.69, 9.17) is 5.73 Å². The summed E-state index contributed by atoms with van der Waals surface area (Å²) in [6.07, 6.45) is 0.323. The Morgan fingerprint density at radius 3 is 2.38 bits per heavy atom. The number of aliphatic carboxylic acids is 1. The van der Waals surface area contributed by atoms with E-state index in [0.717, 1.165) is 5.56 Å². The van der Waals surface area contributed by atoms with Gasteiger partial charge in [-0.2, -0.15) is 0 Å². The molecular formula is C9H10NNaO2. The zero-order valence-electron chi connectivity index (χ0n) is 7.57. The van der Waals surface area contributed by atoms with Crippen LogP contribution < -0.4 is 40.4 Å². The molecule has 0 aliphatic rings. The molecule has 1 aromatic carbocycles. The third-order valence-corrected chi connectivity index (χ3v) is 1.60. The molecule has 1 unspecified atom stereocenters. The van der Waals surface area contributed by atoms with Gasteiger partial charge in [0.15, 0.2) is 0 Å². The first kappa shape index (κ1) is 12.7. The first-order chi connectivity index (χ1) is 5.70. The van der Waals surface area contributed by atoms with Crippen LogP contribution in [0.15, 0.2) is 30.3 Å². The molecular weight excluding hydrogens is 177 g/mol. The molecule has 0 amide bonds. The topological polar surface area (TPSA) is 66.2 Å². The average molecular weight is 187 g/mol. The van der Waals surface area contributed by atoms with Gasteiger partial charge in [-0.05, 0) is 12.0 Å². The van der Waals surface area contributed by atoms with Crippen LogP contribution in [-0.2, 0) is 11.2 Å². The molecule has 64 valence electrons. The van der Waals surface area contributed by atoms with Crippen molar-refractivity contribution in [1.82, 2.24) is 0 Å². The maximum atomic E-state index is 10.3. The quantitative estimate of drug-likeness (QED) is 0.495. The smallest absolute Gasteiger partial charge is 0.548 e. The van der Waals surface area contributed by atoms with Gasteiger partial charge in [-0.1, -0.05) is 30.3 Å². The van der Waals surface area contributed by atoms with Gasteiger partial charge < -0.3 is 15.6 Å². The van der Waals surface area contributed by atoms with E-state index >= 15 is 0 Å². The number of nitrogens with two attached hydrogens (primary N) is 1. The van der Waals surface area contributed by atoms with Crippen molar-refractivity contribution in [3.05, 3.63) is 35.9 Å². The first-order valence-corrected chi connectivity index (χ1v) is 3.70. The van der Waals surface area contributed by atoms with E-state index in [1.807, 2.05) is 30.3 Å². The molecule has 0 spiro atoms. The molecule has 0 aliphatic heterocycles. The summed E-state index contributed by atoms with van der Waals surface area (Å²) in [6, 6.07) is 8.32. The van der Waals surface area contributed by atoms with Crippen LogP contribution in [0.4, 0.5) is 0 Å². The fourth-order valence-corrected chi connectivity index (χ4v) is 0.951. The average Bonchev–Trinajstić information content (AvgIpc) is 2.06. The third-order valence-electron chi connectivity index (χ3n) is 1.60. The molecule has 0 bridgehead atoms. The number of hydrogen-bond donors (Lipinski definition) is 1. The zero-order valence-corrected chi connectivity index (χ0v) is 9.57. The molecule has 1 rings (SSSR count). The Balaban J connectivity index is 0.00000144. The number of carbonyl (C=O) groups excluding carboxylic acids is 1. The predicted octanol–water partition coefficient (Wildman–Crippen LogP) is -3.69. The van der Waals surface area contributed by atoms with Crippen molar-refractivity contribution < 1.29 is 39.5 Å². The summed E-state index contributed by atoms with van der Waals surface area (Å²) in [5.41, 5.74) is 6.20. The molecule has 0 aromatic heterocycles. The normalized spacial score (nSPS) is 11.5. The van der Waals surface area contributed by atoms with Gasteiger partial charge in [0.2, 0.25) is 0 Å². The van der Waals surface area contributed by atoms with Crippen LogP contribution in [0.3, 0.4) is 0 Å². The van der Waals surface area contributed by atoms with Crippen LogP contribution in [0, 0.1) is 0 Å². The molecule has 0 saturated heterocycles. The second-order valence-corrected chi connectivity index (χ2v) is 2.62. The minimum absolute atomic E-state index is 0. The van der Waals surface area contributed by atoms with Gasteiger partial charge in [-0.25, -0.2) is 0 Å². The summed E-state index contributed by atoms with van der Waals surface area (Å²) < 4.78 is 0. The number of hydrogen-bond acceptors (Lipinski definition) is 3. The molecule has 2 N–H and O–H groups in total. The molecule has 13 heavy (non-hydrogen) atoms. The van der Waals surface area contributed by atoms with Gasteiger partial charge in [0.1, 0.15) is 0 Å². The second kappa shape index (κ2) is 6.16. The van der Waals surface area contributed by atoms with Crippen LogP contribution in [-0.4, -0.2) is 12.0 Å². The Bertz CT molecular complexity index is 264. The van der Waals surface area contributed by atoms with E-state index < -0.39 is 12.0 Å². The molecule has 1 aromatic rings. The number of carboxylic acids is 1. The van der Waals surface area contributed by atoms with E-state index in [9.17, 15) is 9.90 Å². The van der Waals surface area contributed by atoms with E-state index in [-0.39, 0.29) is 29.6 Å². The summed E-state index contributed by atoms with van der Waals surface area (Å²) in [7, 11) is 0. The number of carbonyl (C=O) groups is 1. The van der Waals surface area contributed by atoms with Gasteiger partial charge in [0.25, 0.3) is 0 Å². The zero-order chi connectivity index (χ0) is 8.97. The Morgan fingerprint density at radius 2 is 1.92 bits per heavy atom. The first-order valence-electron chi connectivity index (χ1n) is 3.70. The minimum atomic E-state index is -1.21. The van der Waals surface area contributed by atoms with E-state index in [1.165, 1.54) is 0 Å². The van der Waals surface area contributed by atoms with Gasteiger partial charge in [-0.15, -0.1) is 0 Å². The van der Waals surface area contributed by atoms with E-state index in [1.54, 1.807) is 0 Å². The van der Waals surface area contributed by atoms with Gasteiger partial charge in [0, 0.05) is 6.04 Å². The van der Waals surface area contributed by atoms with Crippen LogP contribution in [0.2, 0.25) is 0 Å². The van der Waals surface area contributed by atoms with Crippen molar-refractivity contribution in [3.63, 3.8) is 0 Å². The SMILES string of the molecule is NC(Cc1ccccc1)C(=O)[O-].[Na+]. The molecule has 0 fully saturated rings. The molecule has 3 nitrogen and oxygen atoms in total. The Labute approximate surface area is 99.2 Å². The van der Waals surface area contributed by atoms with Gasteiger partial charge >= 0.3 is 29.6 Å². The Kier molecular flexibility index (Phi) is 5.99. The fourth-order valence-electron chi connectivity index (χ4n) is 0.951. The van der Waals surface area contributed by atoms with Crippen molar-refractivity contribution >= 4 is 5.97 Å². The number of carboxylic acid groups (broad SMARTS) is 1. The molecule has 0 heterocycles. The van der Waals surface area contributed by atoms with Crippen molar-refractivity contribution in [3.8, 4) is 0 Å². The summed E-state index contributed by atoms with van der Waals surface area (Å²) in [4.78, 5) is 10.3. The Morgan fingerprint density at radius 1 is 1.38 bits per heavy atom. The van der Waals surface area contributed by atoms with Crippen molar-refractivity contribution in [2.75, 3.05) is 0 Å². The van der Waals surface area contributed by atoms with Gasteiger partial charge in [-0.3, -0.25) is 0 Å². The molecule has 0 aliphatic carbocycles. The Hall–Kier alpha value is -0.350. The number of rotatable bonds is 3. The summed E-state index contributed by atoms with van der Waals surface area (Å²) in [5.74, 6) is -1.21. The molecule has 1 atom stereocenters. The molecule has 4 heteroatoms. The minimum Gasteiger partial charge on any atom is -0.548 e. The van der Waals surface area contributed by atoms with Crippen molar-refractivity contribution in [2.45, 2.75) is 12.5 Å². The van der Waals surface area contributed by atoms with Crippen LogP contribution >= 0.6 is 0 Å². The van der Waals surface area contributed by atoms with Crippen LogP contribution in [0.1, 0.15) is 5.56 Å². The predicted molar refractivity (Wildman–Crippen MR) is 43.1 cm³/mol. The van der Waals surface area contributed by atoms with Crippen LogP contribution in [0.25, 0.3) is 0 Å². The van der Waals surface area contributed by atoms with Crippen molar-refractivity contribution in [1.29, 1.82) is 0 Å². The second-order valence-electron chi connectivity index (χ2n) is 2.62. The van der Waals surface area contributed by atoms with E-state index in [0.29, 0.717) is 6.42 Å². The molecule has 0 radical (unpaired) electrons. The summed E-state index contributed by atoms with van der Waals surface area (Å²) in [5, 5.41) is 10.3. The van der Waals surface area contributed by atoms with Crippen molar-refractivity contribution in [2.24, 2.45) is 5.73 Å². The monoisotopic (exact) mass is 187 g/mol. The number of benzene rings is 1.